The van der Waals surface area contributed by atoms with Gasteiger partial charge in [-0.05, 0) is 43.9 Å². The summed E-state index contributed by atoms with van der Waals surface area (Å²) in [4.78, 5) is 6.72. The first kappa shape index (κ1) is 15.9. The largest absolute Gasteiger partial charge is 0.372 e. The van der Waals surface area contributed by atoms with Crippen molar-refractivity contribution in [3.8, 4) is 0 Å². The number of hydrogen-bond donors (Lipinski definition) is 0. The number of benzene rings is 1. The molecular formula is C19H28N2OS. The molecule has 0 N–H and O–H groups in total. The molecular weight excluding hydrogens is 304 g/mol. The topological polar surface area (TPSA) is 15.7 Å². The maximum absolute atomic E-state index is 5.93. The Morgan fingerprint density at radius 3 is 2.43 bits per heavy atom. The maximum Gasteiger partial charge on any atom is 0.0707 e. The molecule has 3 atom stereocenters. The van der Waals surface area contributed by atoms with E-state index in [1.54, 1.807) is 0 Å². The summed E-state index contributed by atoms with van der Waals surface area (Å²) in [6.07, 6.45) is 4.99. The third-order valence-electron chi connectivity index (χ3n) is 5.45. The normalized spacial score (nSPS) is 31.7. The van der Waals surface area contributed by atoms with Crippen LogP contribution in [0.25, 0.3) is 0 Å². The second-order valence-corrected chi connectivity index (χ2v) is 8.39. The van der Waals surface area contributed by atoms with E-state index < -0.39 is 0 Å². The molecule has 0 aliphatic carbocycles. The minimum absolute atomic E-state index is 0.530. The highest BCUT2D eigenvalue weighted by atomic mass is 32.2. The molecule has 4 rings (SSSR count). The third-order valence-corrected chi connectivity index (χ3v) is 6.69. The number of morpholine rings is 1. The van der Waals surface area contributed by atoms with Crippen molar-refractivity contribution in [3.05, 3.63) is 30.3 Å². The first-order chi connectivity index (χ1) is 11.3. The van der Waals surface area contributed by atoms with Crippen molar-refractivity contribution in [1.29, 1.82) is 0 Å². The lowest BCUT2D eigenvalue weighted by molar-refractivity contribution is -0.0397. The fourth-order valence-corrected chi connectivity index (χ4v) is 5.20. The van der Waals surface area contributed by atoms with Crippen molar-refractivity contribution in [1.82, 2.24) is 9.80 Å². The molecule has 126 valence electrons. The zero-order valence-corrected chi connectivity index (χ0v) is 14.7. The molecule has 3 heterocycles. The van der Waals surface area contributed by atoms with Gasteiger partial charge in [-0.2, -0.15) is 0 Å². The van der Waals surface area contributed by atoms with Crippen LogP contribution in [0, 0.1) is 5.92 Å². The molecule has 0 radical (unpaired) electrons. The van der Waals surface area contributed by atoms with Crippen LogP contribution in [-0.2, 0) is 4.74 Å². The van der Waals surface area contributed by atoms with Crippen LogP contribution in [-0.4, -0.2) is 67.0 Å². The Labute approximate surface area is 144 Å². The number of ether oxygens (including phenoxy) is 1. The van der Waals surface area contributed by atoms with E-state index in [2.05, 4.69) is 40.1 Å². The second-order valence-electron chi connectivity index (χ2n) is 7.30. The smallest absolute Gasteiger partial charge is 0.0707 e. The molecule has 0 spiro atoms. The van der Waals surface area contributed by atoms with Gasteiger partial charge >= 0.3 is 0 Å². The molecule has 4 heteroatoms. The summed E-state index contributed by atoms with van der Waals surface area (Å²) in [5.41, 5.74) is 0. The lowest BCUT2D eigenvalue weighted by Gasteiger charge is -2.33. The minimum Gasteiger partial charge on any atom is -0.372 e. The monoisotopic (exact) mass is 332 g/mol. The van der Waals surface area contributed by atoms with Crippen molar-refractivity contribution in [2.45, 2.75) is 36.4 Å². The standard InChI is InChI=1S/C19H28N2OS/c1-2-4-19(5-3-1)23-15-16-8-9-20(12-16)10-11-21-13-17-6-7-18(14-21)22-17/h1-5,16-18H,6-15H2. The maximum atomic E-state index is 5.93. The van der Waals surface area contributed by atoms with Gasteiger partial charge in [0.25, 0.3) is 0 Å². The molecule has 3 unspecified atom stereocenters. The Balaban J connectivity index is 1.16. The summed E-state index contributed by atoms with van der Waals surface area (Å²) in [5.74, 6) is 2.13. The zero-order valence-electron chi connectivity index (χ0n) is 13.9. The average Bonchev–Trinajstić information content (AvgIpc) is 3.18. The van der Waals surface area contributed by atoms with E-state index in [9.17, 15) is 0 Å². The predicted octanol–water partition coefficient (Wildman–Crippen LogP) is 2.96. The van der Waals surface area contributed by atoms with Gasteiger partial charge < -0.3 is 9.64 Å². The zero-order chi connectivity index (χ0) is 15.5. The molecule has 3 aliphatic heterocycles. The fourth-order valence-electron chi connectivity index (χ4n) is 4.15. The summed E-state index contributed by atoms with van der Waals surface area (Å²) in [6.45, 7) is 7.38. The number of thioether (sulfide) groups is 1. The molecule has 1 aromatic carbocycles. The van der Waals surface area contributed by atoms with Gasteiger partial charge in [-0.3, -0.25) is 4.90 Å². The quantitative estimate of drug-likeness (QED) is 0.744. The number of hydrogen-bond acceptors (Lipinski definition) is 4. The second kappa shape index (κ2) is 7.56. The number of fused-ring (bicyclic) bond motifs is 2. The molecule has 2 bridgehead atoms. The Kier molecular flexibility index (Phi) is 5.24. The average molecular weight is 333 g/mol. The Morgan fingerprint density at radius 2 is 1.65 bits per heavy atom. The van der Waals surface area contributed by atoms with Crippen molar-refractivity contribution in [2.24, 2.45) is 5.92 Å². The Morgan fingerprint density at radius 1 is 0.913 bits per heavy atom. The Hall–Kier alpha value is -0.550. The molecule has 3 fully saturated rings. The number of likely N-dealkylation sites (tertiary alicyclic amines) is 2. The van der Waals surface area contributed by atoms with Crippen LogP contribution in [0.3, 0.4) is 0 Å². The van der Waals surface area contributed by atoms with Crippen molar-refractivity contribution >= 4 is 11.8 Å². The van der Waals surface area contributed by atoms with Crippen LogP contribution in [0.4, 0.5) is 0 Å². The van der Waals surface area contributed by atoms with E-state index in [4.69, 9.17) is 4.74 Å². The highest BCUT2D eigenvalue weighted by Gasteiger charge is 2.33. The summed E-state index contributed by atoms with van der Waals surface area (Å²) >= 11 is 2.02. The van der Waals surface area contributed by atoms with Gasteiger partial charge in [0.15, 0.2) is 0 Å². The minimum atomic E-state index is 0.530. The van der Waals surface area contributed by atoms with E-state index in [1.807, 2.05) is 11.8 Å². The van der Waals surface area contributed by atoms with E-state index >= 15 is 0 Å². The van der Waals surface area contributed by atoms with Crippen molar-refractivity contribution < 1.29 is 4.74 Å². The van der Waals surface area contributed by atoms with Gasteiger partial charge in [0, 0.05) is 43.4 Å². The SMILES string of the molecule is c1ccc(SCC2CCN(CCN3CC4CCC(C3)O4)C2)cc1. The van der Waals surface area contributed by atoms with E-state index in [0.29, 0.717) is 12.2 Å². The first-order valence-corrected chi connectivity index (χ1v) is 10.1. The predicted molar refractivity (Wildman–Crippen MR) is 96.0 cm³/mol. The Bertz CT molecular complexity index is 485. The molecule has 3 aliphatic rings. The molecule has 0 saturated carbocycles. The highest BCUT2D eigenvalue weighted by molar-refractivity contribution is 7.99. The summed E-state index contributed by atoms with van der Waals surface area (Å²) in [5, 5.41) is 0. The van der Waals surface area contributed by atoms with Crippen LogP contribution in [0.5, 0.6) is 0 Å². The van der Waals surface area contributed by atoms with Gasteiger partial charge in [0.2, 0.25) is 0 Å². The summed E-state index contributed by atoms with van der Waals surface area (Å²) in [6, 6.07) is 10.8. The summed E-state index contributed by atoms with van der Waals surface area (Å²) in [7, 11) is 0. The molecule has 1 aromatic rings. The molecule has 3 nitrogen and oxygen atoms in total. The number of rotatable bonds is 6. The van der Waals surface area contributed by atoms with Crippen LogP contribution >= 0.6 is 11.8 Å². The van der Waals surface area contributed by atoms with Gasteiger partial charge in [-0.25, -0.2) is 0 Å². The lowest BCUT2D eigenvalue weighted by Crippen LogP contribution is -2.45. The van der Waals surface area contributed by atoms with Crippen LogP contribution < -0.4 is 0 Å². The fraction of sp³-hybridized carbons (Fsp3) is 0.684. The van der Waals surface area contributed by atoms with Crippen molar-refractivity contribution in [3.63, 3.8) is 0 Å². The molecule has 0 amide bonds. The highest BCUT2D eigenvalue weighted by Crippen LogP contribution is 2.27. The number of nitrogens with zero attached hydrogens (tertiary/aromatic N) is 2. The first-order valence-electron chi connectivity index (χ1n) is 9.13. The third kappa shape index (κ3) is 4.30. The van der Waals surface area contributed by atoms with E-state index in [1.165, 1.54) is 56.1 Å². The van der Waals surface area contributed by atoms with Crippen molar-refractivity contribution in [2.75, 3.05) is 45.0 Å². The van der Waals surface area contributed by atoms with Gasteiger partial charge in [-0.1, -0.05) is 18.2 Å². The molecule has 3 saturated heterocycles. The molecule has 23 heavy (non-hydrogen) atoms. The van der Waals surface area contributed by atoms with E-state index in [-0.39, 0.29) is 0 Å². The lowest BCUT2D eigenvalue weighted by atomic mass is 10.2. The van der Waals surface area contributed by atoms with Gasteiger partial charge in [-0.15, -0.1) is 11.8 Å². The molecule has 0 aromatic heterocycles. The summed E-state index contributed by atoms with van der Waals surface area (Å²) < 4.78 is 5.93. The van der Waals surface area contributed by atoms with Crippen LogP contribution in [0.1, 0.15) is 19.3 Å². The van der Waals surface area contributed by atoms with Gasteiger partial charge in [0.05, 0.1) is 12.2 Å². The van der Waals surface area contributed by atoms with E-state index in [0.717, 1.165) is 19.0 Å². The van der Waals surface area contributed by atoms with Gasteiger partial charge in [0.1, 0.15) is 0 Å². The van der Waals surface area contributed by atoms with Crippen LogP contribution in [0.15, 0.2) is 35.2 Å². The van der Waals surface area contributed by atoms with Crippen LogP contribution in [0.2, 0.25) is 0 Å².